The molecule has 154 valence electrons. The van der Waals surface area contributed by atoms with Crippen LogP contribution in [0.15, 0.2) is 75.4 Å². The number of anilines is 1. The predicted molar refractivity (Wildman–Crippen MR) is 106 cm³/mol. The summed E-state index contributed by atoms with van der Waals surface area (Å²) >= 11 is 0. The fourth-order valence-electron chi connectivity index (χ4n) is 2.86. The average molecular weight is 427 g/mol. The molecule has 0 bridgehead atoms. The predicted octanol–water partition coefficient (Wildman–Crippen LogP) is 1.49. The summed E-state index contributed by atoms with van der Waals surface area (Å²) in [5.41, 5.74) is -0.148. The van der Waals surface area contributed by atoms with Crippen molar-refractivity contribution in [3.8, 4) is 11.5 Å². The van der Waals surface area contributed by atoms with Gasteiger partial charge < -0.3 is 14.8 Å². The number of carbonyl (C=O) groups is 1. The molecule has 30 heavy (non-hydrogen) atoms. The zero-order valence-electron chi connectivity index (χ0n) is 15.6. The van der Waals surface area contributed by atoms with Crippen LogP contribution >= 0.6 is 0 Å². The number of nitrogens with one attached hydrogen (secondary N) is 1. The van der Waals surface area contributed by atoms with Gasteiger partial charge in [-0.25, -0.2) is 13.1 Å². The molecule has 0 atom stereocenters. The van der Waals surface area contributed by atoms with Crippen molar-refractivity contribution in [1.29, 1.82) is 0 Å². The second-order valence-corrected chi connectivity index (χ2v) is 8.29. The van der Waals surface area contributed by atoms with E-state index in [1.54, 1.807) is 36.4 Å². The number of aromatic nitrogens is 2. The molecule has 0 saturated heterocycles. The Bertz CT molecular complexity index is 1260. The van der Waals surface area contributed by atoms with E-state index in [2.05, 4.69) is 10.4 Å². The SMILES string of the molecule is O=C(Cn1nc(S(=O)(=O)c2ccccc2)ccc1=O)Nc1ccc2c(c1)OCCO2. The van der Waals surface area contributed by atoms with Gasteiger partial charge in [-0.3, -0.25) is 9.59 Å². The molecule has 0 fully saturated rings. The number of amides is 1. The lowest BCUT2D eigenvalue weighted by atomic mass is 10.2. The molecular weight excluding hydrogens is 410 g/mol. The van der Waals surface area contributed by atoms with E-state index in [4.69, 9.17) is 9.47 Å². The number of fused-ring (bicyclic) bond motifs is 1. The molecule has 0 saturated carbocycles. The standard InChI is InChI=1S/C20H17N3O6S/c24-18(21-14-6-7-16-17(12-14)29-11-10-28-16)13-23-20(25)9-8-19(22-23)30(26,27)15-4-2-1-3-5-15/h1-9,12H,10-11,13H2,(H,21,24). The first-order chi connectivity index (χ1) is 14.4. The Labute approximate surface area is 171 Å². The van der Waals surface area contributed by atoms with Crippen LogP contribution in [0, 0.1) is 0 Å². The molecule has 2 heterocycles. The molecule has 3 aromatic rings. The van der Waals surface area contributed by atoms with Gasteiger partial charge in [0.25, 0.3) is 5.56 Å². The molecule has 1 aliphatic rings. The molecular formula is C20H17N3O6S. The van der Waals surface area contributed by atoms with Gasteiger partial charge >= 0.3 is 0 Å². The summed E-state index contributed by atoms with van der Waals surface area (Å²) < 4.78 is 37.1. The second-order valence-electron chi connectivity index (χ2n) is 6.39. The van der Waals surface area contributed by atoms with E-state index in [0.29, 0.717) is 30.4 Å². The van der Waals surface area contributed by atoms with E-state index in [0.717, 1.165) is 16.8 Å². The summed E-state index contributed by atoms with van der Waals surface area (Å²) in [6.07, 6.45) is 0. The maximum absolute atomic E-state index is 12.7. The first kappa shape index (κ1) is 19.6. The fourth-order valence-corrected chi connectivity index (χ4v) is 4.08. The summed E-state index contributed by atoms with van der Waals surface area (Å²) in [5, 5.41) is 6.20. The highest BCUT2D eigenvalue weighted by Gasteiger charge is 2.21. The van der Waals surface area contributed by atoms with Gasteiger partial charge in [0.15, 0.2) is 16.5 Å². The van der Waals surface area contributed by atoms with Gasteiger partial charge in [-0.1, -0.05) is 18.2 Å². The molecule has 0 spiro atoms. The van der Waals surface area contributed by atoms with Crippen molar-refractivity contribution in [1.82, 2.24) is 9.78 Å². The summed E-state index contributed by atoms with van der Waals surface area (Å²) in [5.74, 6) is 0.539. The fraction of sp³-hybridized carbons (Fsp3) is 0.150. The van der Waals surface area contributed by atoms with Crippen LogP contribution < -0.4 is 20.3 Å². The zero-order chi connectivity index (χ0) is 21.1. The van der Waals surface area contributed by atoms with Crippen LogP contribution in [-0.4, -0.2) is 37.3 Å². The van der Waals surface area contributed by atoms with E-state index < -0.39 is 27.8 Å². The monoisotopic (exact) mass is 427 g/mol. The van der Waals surface area contributed by atoms with Crippen LogP contribution in [0.1, 0.15) is 0 Å². The Hall–Kier alpha value is -3.66. The quantitative estimate of drug-likeness (QED) is 0.656. The van der Waals surface area contributed by atoms with Gasteiger partial charge in [-0.15, -0.1) is 0 Å². The number of sulfone groups is 1. The van der Waals surface area contributed by atoms with Crippen molar-refractivity contribution in [3.05, 3.63) is 71.0 Å². The van der Waals surface area contributed by atoms with E-state index in [9.17, 15) is 18.0 Å². The highest BCUT2D eigenvalue weighted by molar-refractivity contribution is 7.91. The van der Waals surface area contributed by atoms with E-state index in [1.807, 2.05) is 0 Å². The van der Waals surface area contributed by atoms with Crippen LogP contribution in [0.3, 0.4) is 0 Å². The molecule has 1 aliphatic heterocycles. The van der Waals surface area contributed by atoms with Crippen molar-refractivity contribution in [2.75, 3.05) is 18.5 Å². The minimum atomic E-state index is -3.92. The lowest BCUT2D eigenvalue weighted by Gasteiger charge is -2.19. The maximum Gasteiger partial charge on any atom is 0.267 e. The first-order valence-electron chi connectivity index (χ1n) is 9.01. The highest BCUT2D eigenvalue weighted by Crippen LogP contribution is 2.32. The zero-order valence-corrected chi connectivity index (χ0v) is 16.5. The molecule has 4 rings (SSSR count). The van der Waals surface area contributed by atoms with Gasteiger partial charge in [0.2, 0.25) is 15.7 Å². The summed E-state index contributed by atoms with van der Waals surface area (Å²) in [4.78, 5) is 24.5. The molecule has 1 N–H and O–H groups in total. The Kier molecular flexibility index (Phi) is 5.23. The number of ether oxygens (including phenoxy) is 2. The number of hydrogen-bond donors (Lipinski definition) is 1. The van der Waals surface area contributed by atoms with Crippen LogP contribution in [-0.2, 0) is 21.2 Å². The molecule has 10 heteroatoms. The Morgan fingerprint density at radius 2 is 1.73 bits per heavy atom. The molecule has 0 aliphatic carbocycles. The molecule has 1 aromatic heterocycles. The average Bonchev–Trinajstić information content (AvgIpc) is 2.75. The highest BCUT2D eigenvalue weighted by atomic mass is 32.2. The van der Waals surface area contributed by atoms with Gasteiger partial charge in [-0.05, 0) is 30.3 Å². The number of carbonyl (C=O) groups excluding carboxylic acids is 1. The third-order valence-corrected chi connectivity index (χ3v) is 5.95. The Morgan fingerprint density at radius 3 is 2.50 bits per heavy atom. The molecule has 0 radical (unpaired) electrons. The van der Waals surface area contributed by atoms with Gasteiger partial charge in [0.1, 0.15) is 19.8 Å². The van der Waals surface area contributed by atoms with Crippen LogP contribution in [0.25, 0.3) is 0 Å². The van der Waals surface area contributed by atoms with Crippen LogP contribution in [0.5, 0.6) is 11.5 Å². The minimum Gasteiger partial charge on any atom is -0.486 e. The van der Waals surface area contributed by atoms with Crippen molar-refractivity contribution < 1.29 is 22.7 Å². The lowest BCUT2D eigenvalue weighted by Crippen LogP contribution is -2.30. The first-order valence-corrected chi connectivity index (χ1v) is 10.5. The van der Waals surface area contributed by atoms with E-state index in [1.165, 1.54) is 12.1 Å². The Morgan fingerprint density at radius 1 is 1.00 bits per heavy atom. The number of benzene rings is 2. The largest absolute Gasteiger partial charge is 0.486 e. The van der Waals surface area contributed by atoms with E-state index in [-0.39, 0.29) is 9.92 Å². The second kappa shape index (κ2) is 7.99. The maximum atomic E-state index is 12.7. The van der Waals surface area contributed by atoms with Crippen LogP contribution in [0.4, 0.5) is 5.69 Å². The van der Waals surface area contributed by atoms with Crippen LogP contribution in [0.2, 0.25) is 0 Å². The topological polar surface area (TPSA) is 117 Å². The molecule has 2 aromatic carbocycles. The third kappa shape index (κ3) is 4.03. The van der Waals surface area contributed by atoms with Crippen molar-refractivity contribution in [2.24, 2.45) is 0 Å². The summed E-state index contributed by atoms with van der Waals surface area (Å²) in [6, 6.07) is 14.8. The molecule has 0 unspecified atom stereocenters. The normalized spacial score (nSPS) is 12.9. The summed E-state index contributed by atoms with van der Waals surface area (Å²) in [7, 11) is -3.92. The third-order valence-electron chi connectivity index (χ3n) is 4.29. The van der Waals surface area contributed by atoms with Crippen molar-refractivity contribution in [2.45, 2.75) is 16.5 Å². The minimum absolute atomic E-state index is 0.0448. The smallest absolute Gasteiger partial charge is 0.267 e. The van der Waals surface area contributed by atoms with Gasteiger partial charge in [-0.2, -0.15) is 5.10 Å². The van der Waals surface area contributed by atoms with Crippen molar-refractivity contribution >= 4 is 21.4 Å². The molecule has 9 nitrogen and oxygen atoms in total. The molecule has 1 amide bonds. The van der Waals surface area contributed by atoms with Gasteiger partial charge in [0, 0.05) is 17.8 Å². The number of nitrogens with zero attached hydrogens (tertiary/aromatic N) is 2. The Balaban J connectivity index is 1.54. The van der Waals surface area contributed by atoms with Gasteiger partial charge in [0.05, 0.1) is 4.90 Å². The summed E-state index contributed by atoms with van der Waals surface area (Å²) in [6.45, 7) is 0.410. The number of rotatable bonds is 5. The van der Waals surface area contributed by atoms with E-state index >= 15 is 0 Å². The lowest BCUT2D eigenvalue weighted by molar-refractivity contribution is -0.117. The van der Waals surface area contributed by atoms with Crippen molar-refractivity contribution in [3.63, 3.8) is 0 Å². The number of hydrogen-bond acceptors (Lipinski definition) is 7.